The molecule has 0 radical (unpaired) electrons. The van der Waals surface area contributed by atoms with E-state index in [1.54, 1.807) is 0 Å². The Morgan fingerprint density at radius 3 is 2.22 bits per heavy atom. The van der Waals surface area contributed by atoms with Crippen molar-refractivity contribution in [3.63, 3.8) is 0 Å². The molecule has 2 nitrogen and oxygen atoms in total. The molecule has 0 heterocycles. The smallest absolute Gasteiger partial charge is 0.419 e. The molecule has 2 N–H and O–H groups in total. The fraction of sp³-hybridized carbons (Fsp3) is 0.455. The first-order valence-corrected chi connectivity index (χ1v) is 5.04. The number of halogens is 5. The monoisotopic (exact) mass is 267 g/mol. The molecule has 0 aliphatic heterocycles. The van der Waals surface area contributed by atoms with Crippen LogP contribution in [0.25, 0.3) is 0 Å². The standard InChI is InChI=1S/C11H10F5NO/c1-18-8-4-6(9(17)5-10(9,12)13)2-3-7(8)11(14,15)16/h2-4H,5,17H2,1H3. The molecule has 100 valence electrons. The van der Waals surface area contributed by atoms with Crippen molar-refractivity contribution in [2.45, 2.75) is 24.1 Å². The summed E-state index contributed by atoms with van der Waals surface area (Å²) < 4.78 is 68.4. The van der Waals surface area contributed by atoms with Crippen LogP contribution in [0.2, 0.25) is 0 Å². The molecule has 7 heteroatoms. The molecule has 1 saturated carbocycles. The molecule has 18 heavy (non-hydrogen) atoms. The minimum absolute atomic E-state index is 0.0580. The highest BCUT2D eigenvalue weighted by molar-refractivity contribution is 5.45. The van der Waals surface area contributed by atoms with Crippen molar-refractivity contribution in [3.05, 3.63) is 29.3 Å². The van der Waals surface area contributed by atoms with Gasteiger partial charge in [-0.25, -0.2) is 8.78 Å². The summed E-state index contributed by atoms with van der Waals surface area (Å²) in [6.07, 6.45) is -5.17. The second-order valence-electron chi connectivity index (χ2n) is 4.27. The van der Waals surface area contributed by atoms with E-state index < -0.39 is 35.4 Å². The van der Waals surface area contributed by atoms with Crippen LogP contribution in [0.15, 0.2) is 18.2 Å². The highest BCUT2D eigenvalue weighted by Gasteiger charge is 2.70. The molecule has 2 rings (SSSR count). The van der Waals surface area contributed by atoms with E-state index in [-0.39, 0.29) is 5.56 Å². The quantitative estimate of drug-likeness (QED) is 0.836. The molecule has 1 aliphatic carbocycles. The van der Waals surface area contributed by atoms with E-state index in [9.17, 15) is 22.0 Å². The Bertz CT molecular complexity index is 485. The number of alkyl halides is 5. The third-order valence-electron chi connectivity index (χ3n) is 3.05. The number of benzene rings is 1. The minimum atomic E-state index is -4.60. The molecule has 0 bridgehead atoms. The SMILES string of the molecule is COc1cc(C2(N)CC2(F)F)ccc1C(F)(F)F. The third kappa shape index (κ3) is 1.82. The second kappa shape index (κ2) is 3.57. The Morgan fingerprint density at radius 1 is 1.28 bits per heavy atom. The molecule has 1 aromatic rings. The van der Waals surface area contributed by atoms with Crippen LogP contribution in [0.1, 0.15) is 17.5 Å². The highest BCUT2D eigenvalue weighted by atomic mass is 19.4. The lowest BCUT2D eigenvalue weighted by molar-refractivity contribution is -0.138. The van der Waals surface area contributed by atoms with Crippen LogP contribution in [-0.2, 0) is 11.7 Å². The van der Waals surface area contributed by atoms with Crippen LogP contribution >= 0.6 is 0 Å². The summed E-state index contributed by atoms with van der Waals surface area (Å²) in [5.41, 5.74) is 2.49. The number of hydrogen-bond acceptors (Lipinski definition) is 2. The van der Waals surface area contributed by atoms with Gasteiger partial charge < -0.3 is 10.5 Å². The van der Waals surface area contributed by atoms with Crippen LogP contribution in [-0.4, -0.2) is 13.0 Å². The number of hydrogen-bond donors (Lipinski definition) is 1. The summed E-state index contributed by atoms with van der Waals surface area (Å²) in [5.74, 6) is -3.59. The fourth-order valence-corrected chi connectivity index (χ4v) is 1.82. The first-order valence-electron chi connectivity index (χ1n) is 5.04. The number of ether oxygens (including phenoxy) is 1. The zero-order valence-corrected chi connectivity index (χ0v) is 9.31. The molecule has 0 amide bonds. The van der Waals surface area contributed by atoms with Crippen LogP contribution in [0.5, 0.6) is 5.75 Å². The Labute approximate surface area is 99.5 Å². The maximum atomic E-state index is 13.0. The van der Waals surface area contributed by atoms with Gasteiger partial charge in [-0.05, 0) is 17.7 Å². The molecule has 0 spiro atoms. The molecule has 1 atom stereocenters. The average molecular weight is 267 g/mol. The lowest BCUT2D eigenvalue weighted by Gasteiger charge is -2.16. The predicted octanol–water partition coefficient (Wildman–Crippen LogP) is 2.91. The highest BCUT2D eigenvalue weighted by Crippen LogP contribution is 2.58. The van der Waals surface area contributed by atoms with E-state index in [1.807, 2.05) is 0 Å². The van der Waals surface area contributed by atoms with Gasteiger partial charge in [-0.15, -0.1) is 0 Å². The average Bonchev–Trinajstić information content (AvgIpc) is 2.77. The van der Waals surface area contributed by atoms with Crippen molar-refractivity contribution in [1.29, 1.82) is 0 Å². The van der Waals surface area contributed by atoms with Gasteiger partial charge in [0.15, 0.2) is 0 Å². The van der Waals surface area contributed by atoms with E-state index in [1.165, 1.54) is 0 Å². The molecule has 0 saturated heterocycles. The Kier molecular flexibility index (Phi) is 2.59. The van der Waals surface area contributed by atoms with E-state index in [0.29, 0.717) is 6.07 Å². The molecule has 1 fully saturated rings. The first kappa shape index (κ1) is 13.1. The summed E-state index contributed by atoms with van der Waals surface area (Å²) in [6, 6.07) is 2.59. The summed E-state index contributed by atoms with van der Waals surface area (Å²) in [5, 5.41) is 0. The molecular formula is C11H10F5NO. The molecule has 0 aromatic heterocycles. The van der Waals surface area contributed by atoms with Crippen molar-refractivity contribution in [3.8, 4) is 5.75 Å². The van der Waals surface area contributed by atoms with Crippen molar-refractivity contribution in [2.24, 2.45) is 5.73 Å². The molecular weight excluding hydrogens is 257 g/mol. The van der Waals surface area contributed by atoms with Gasteiger partial charge in [-0.1, -0.05) is 6.07 Å². The van der Waals surface area contributed by atoms with Crippen LogP contribution in [0.3, 0.4) is 0 Å². The van der Waals surface area contributed by atoms with Crippen molar-refractivity contribution < 1.29 is 26.7 Å². The summed E-state index contributed by atoms with van der Waals surface area (Å²) in [6.45, 7) is 0. The largest absolute Gasteiger partial charge is 0.496 e. The van der Waals surface area contributed by atoms with E-state index in [2.05, 4.69) is 4.74 Å². The number of methoxy groups -OCH3 is 1. The van der Waals surface area contributed by atoms with Gasteiger partial charge in [0.2, 0.25) is 0 Å². The minimum Gasteiger partial charge on any atom is -0.496 e. The normalized spacial score (nSPS) is 25.9. The Hall–Kier alpha value is -1.37. The number of nitrogens with two attached hydrogens (primary N) is 1. The molecule has 1 aromatic carbocycles. The summed E-state index contributed by atoms with van der Waals surface area (Å²) in [4.78, 5) is 0. The van der Waals surface area contributed by atoms with Crippen molar-refractivity contribution in [1.82, 2.24) is 0 Å². The zero-order valence-electron chi connectivity index (χ0n) is 9.31. The van der Waals surface area contributed by atoms with Gasteiger partial charge in [0, 0.05) is 6.42 Å². The maximum absolute atomic E-state index is 13.0. The summed E-state index contributed by atoms with van der Waals surface area (Å²) >= 11 is 0. The van der Waals surface area contributed by atoms with Gasteiger partial charge in [-0.3, -0.25) is 0 Å². The third-order valence-corrected chi connectivity index (χ3v) is 3.05. The predicted molar refractivity (Wildman–Crippen MR) is 53.4 cm³/mol. The lowest BCUT2D eigenvalue weighted by Crippen LogP contribution is -2.27. The van der Waals surface area contributed by atoms with E-state index in [0.717, 1.165) is 19.2 Å². The molecule has 1 unspecified atom stereocenters. The topological polar surface area (TPSA) is 35.2 Å². The Morgan fingerprint density at radius 2 is 1.83 bits per heavy atom. The van der Waals surface area contributed by atoms with Crippen molar-refractivity contribution in [2.75, 3.05) is 7.11 Å². The lowest BCUT2D eigenvalue weighted by atomic mass is 10.0. The zero-order chi connectivity index (χ0) is 13.8. The Balaban J connectivity index is 2.44. The van der Waals surface area contributed by atoms with Gasteiger partial charge in [-0.2, -0.15) is 13.2 Å². The summed E-state index contributed by atoms with van der Waals surface area (Å²) in [7, 11) is 1.04. The van der Waals surface area contributed by atoms with Gasteiger partial charge >= 0.3 is 6.18 Å². The first-order chi connectivity index (χ1) is 8.12. The van der Waals surface area contributed by atoms with E-state index >= 15 is 0 Å². The van der Waals surface area contributed by atoms with Crippen LogP contribution in [0.4, 0.5) is 22.0 Å². The van der Waals surface area contributed by atoms with E-state index in [4.69, 9.17) is 5.73 Å². The van der Waals surface area contributed by atoms with Crippen molar-refractivity contribution >= 4 is 0 Å². The molecule has 1 aliphatic rings. The van der Waals surface area contributed by atoms with Gasteiger partial charge in [0.05, 0.1) is 12.7 Å². The second-order valence-corrected chi connectivity index (χ2v) is 4.27. The number of rotatable bonds is 2. The fourth-order valence-electron chi connectivity index (χ4n) is 1.82. The van der Waals surface area contributed by atoms with Crippen LogP contribution < -0.4 is 10.5 Å². The van der Waals surface area contributed by atoms with Gasteiger partial charge in [0.1, 0.15) is 11.3 Å². The van der Waals surface area contributed by atoms with Gasteiger partial charge in [0.25, 0.3) is 5.92 Å². The maximum Gasteiger partial charge on any atom is 0.419 e. The van der Waals surface area contributed by atoms with Crippen LogP contribution in [0, 0.1) is 0 Å².